The van der Waals surface area contributed by atoms with E-state index < -0.39 is 6.10 Å². The van der Waals surface area contributed by atoms with Crippen molar-refractivity contribution in [2.45, 2.75) is 31.3 Å². The van der Waals surface area contributed by atoms with Crippen LogP contribution in [-0.4, -0.2) is 5.11 Å². The van der Waals surface area contributed by atoms with E-state index >= 15 is 0 Å². The average molecular weight is 313 g/mol. The number of thiophene rings is 1. The summed E-state index contributed by atoms with van der Waals surface area (Å²) in [5, 5.41) is 14.0. The summed E-state index contributed by atoms with van der Waals surface area (Å²) in [6.45, 7) is 0. The molecule has 1 aliphatic carbocycles. The maximum atomic E-state index is 10.7. The minimum absolute atomic E-state index is 0.131. The van der Waals surface area contributed by atoms with Gasteiger partial charge in [-0.15, -0.1) is 11.3 Å². The largest absolute Gasteiger partial charge is 0.388 e. The van der Waals surface area contributed by atoms with E-state index in [4.69, 9.17) is 23.2 Å². The van der Waals surface area contributed by atoms with Crippen molar-refractivity contribution in [1.29, 1.82) is 0 Å². The van der Waals surface area contributed by atoms with Gasteiger partial charge in [0.1, 0.15) is 0 Å². The van der Waals surface area contributed by atoms with Gasteiger partial charge in [-0.2, -0.15) is 0 Å². The summed E-state index contributed by atoms with van der Waals surface area (Å²) in [5.74, 6) is 0.131. The predicted molar refractivity (Wildman–Crippen MR) is 81.4 cm³/mol. The zero-order chi connectivity index (χ0) is 13.4. The normalized spacial score (nSPS) is 20.1. The van der Waals surface area contributed by atoms with E-state index in [1.54, 1.807) is 29.5 Å². The van der Waals surface area contributed by atoms with E-state index in [1.807, 2.05) is 0 Å². The number of aliphatic hydroxyl groups is 1. The van der Waals surface area contributed by atoms with Crippen LogP contribution in [0.4, 0.5) is 0 Å². The average Bonchev–Trinajstić information content (AvgIpc) is 2.89. The third kappa shape index (κ3) is 2.55. The quantitative estimate of drug-likeness (QED) is 0.807. The molecule has 3 rings (SSSR count). The van der Waals surface area contributed by atoms with Crippen LogP contribution in [-0.2, 0) is 6.42 Å². The Labute approximate surface area is 126 Å². The Morgan fingerprint density at radius 2 is 2.11 bits per heavy atom. The molecule has 2 atom stereocenters. The lowest BCUT2D eigenvalue weighted by Gasteiger charge is -2.28. The summed E-state index contributed by atoms with van der Waals surface area (Å²) in [7, 11) is 0. The van der Waals surface area contributed by atoms with Crippen LogP contribution in [0, 0.1) is 0 Å². The van der Waals surface area contributed by atoms with E-state index in [2.05, 4.69) is 11.4 Å². The van der Waals surface area contributed by atoms with Gasteiger partial charge in [-0.1, -0.05) is 23.2 Å². The van der Waals surface area contributed by atoms with Crippen LogP contribution in [0.2, 0.25) is 10.0 Å². The first-order valence-corrected chi connectivity index (χ1v) is 7.99. The third-order valence-corrected chi connectivity index (χ3v) is 5.33. The summed E-state index contributed by atoms with van der Waals surface area (Å²) in [4.78, 5) is 1.40. The molecule has 100 valence electrons. The first-order valence-electron chi connectivity index (χ1n) is 6.36. The van der Waals surface area contributed by atoms with Gasteiger partial charge in [-0.05, 0) is 54.5 Å². The lowest BCUT2D eigenvalue weighted by molar-refractivity contribution is 0.136. The second-order valence-electron chi connectivity index (χ2n) is 4.91. The van der Waals surface area contributed by atoms with E-state index in [9.17, 15) is 5.11 Å². The van der Waals surface area contributed by atoms with Crippen molar-refractivity contribution < 1.29 is 5.11 Å². The van der Waals surface area contributed by atoms with Crippen LogP contribution in [0.3, 0.4) is 0 Å². The summed E-state index contributed by atoms with van der Waals surface area (Å²) < 4.78 is 0. The second-order valence-corrected chi connectivity index (χ2v) is 6.75. The summed E-state index contributed by atoms with van der Waals surface area (Å²) >= 11 is 14.0. The summed E-state index contributed by atoms with van der Waals surface area (Å²) in [5.41, 5.74) is 2.01. The molecule has 1 aromatic carbocycles. The fourth-order valence-corrected chi connectivity index (χ4v) is 4.21. The molecule has 0 saturated heterocycles. The highest BCUT2D eigenvalue weighted by Crippen LogP contribution is 2.44. The maximum Gasteiger partial charge on any atom is 0.0873 e. The minimum atomic E-state index is -0.583. The van der Waals surface area contributed by atoms with Crippen molar-refractivity contribution >= 4 is 34.5 Å². The fraction of sp³-hybridized carbons (Fsp3) is 0.333. The van der Waals surface area contributed by atoms with Crippen molar-refractivity contribution in [1.82, 2.24) is 0 Å². The van der Waals surface area contributed by atoms with Gasteiger partial charge in [-0.25, -0.2) is 0 Å². The standard InChI is InChI=1S/C15H14Cl2OS/c16-9-4-5-13(17)12(8-9)15(18)11-2-1-3-14-10(11)6-7-19-14/h4-8,11,15,18H,1-3H2. The highest BCUT2D eigenvalue weighted by Gasteiger charge is 2.29. The number of fused-ring (bicyclic) bond motifs is 1. The van der Waals surface area contributed by atoms with Gasteiger partial charge in [0.2, 0.25) is 0 Å². The molecule has 0 saturated carbocycles. The fourth-order valence-electron chi connectivity index (χ4n) is 2.81. The second kappa shape index (κ2) is 5.45. The number of hydrogen-bond donors (Lipinski definition) is 1. The monoisotopic (exact) mass is 312 g/mol. The molecule has 2 aromatic rings. The number of rotatable bonds is 2. The predicted octanol–water partition coefficient (Wildman–Crippen LogP) is 5.21. The van der Waals surface area contributed by atoms with E-state index in [1.165, 1.54) is 10.4 Å². The third-order valence-electron chi connectivity index (χ3n) is 3.76. The van der Waals surface area contributed by atoms with Gasteiger partial charge in [-0.3, -0.25) is 0 Å². The summed E-state index contributed by atoms with van der Waals surface area (Å²) in [6.07, 6.45) is 2.65. The van der Waals surface area contributed by atoms with Crippen molar-refractivity contribution in [2.75, 3.05) is 0 Å². The Morgan fingerprint density at radius 3 is 2.95 bits per heavy atom. The zero-order valence-electron chi connectivity index (χ0n) is 10.3. The smallest absolute Gasteiger partial charge is 0.0873 e. The minimum Gasteiger partial charge on any atom is -0.388 e. The molecule has 1 N–H and O–H groups in total. The molecule has 1 aliphatic rings. The van der Waals surface area contributed by atoms with Crippen LogP contribution in [0.5, 0.6) is 0 Å². The Kier molecular flexibility index (Phi) is 3.86. The lowest BCUT2D eigenvalue weighted by Crippen LogP contribution is -2.16. The van der Waals surface area contributed by atoms with Gasteiger partial charge >= 0.3 is 0 Å². The van der Waals surface area contributed by atoms with Crippen LogP contribution in [0.25, 0.3) is 0 Å². The molecule has 0 fully saturated rings. The number of halogens is 2. The van der Waals surface area contributed by atoms with Gasteiger partial charge in [0.15, 0.2) is 0 Å². The molecule has 1 aromatic heterocycles. The Hall–Kier alpha value is -0.540. The zero-order valence-corrected chi connectivity index (χ0v) is 12.6. The molecule has 4 heteroatoms. The van der Waals surface area contributed by atoms with Gasteiger partial charge < -0.3 is 5.11 Å². The topological polar surface area (TPSA) is 20.2 Å². The molecule has 0 spiro atoms. The highest BCUT2D eigenvalue weighted by molar-refractivity contribution is 7.10. The van der Waals surface area contributed by atoms with Crippen LogP contribution in [0.15, 0.2) is 29.6 Å². The van der Waals surface area contributed by atoms with Gasteiger partial charge in [0, 0.05) is 26.4 Å². The number of benzene rings is 1. The van der Waals surface area contributed by atoms with E-state index in [0.29, 0.717) is 10.0 Å². The molecule has 19 heavy (non-hydrogen) atoms. The van der Waals surface area contributed by atoms with E-state index in [-0.39, 0.29) is 5.92 Å². The van der Waals surface area contributed by atoms with Gasteiger partial charge in [0.05, 0.1) is 6.10 Å². The Bertz CT molecular complexity index is 594. The maximum absolute atomic E-state index is 10.7. The van der Waals surface area contributed by atoms with Crippen molar-refractivity contribution in [3.05, 3.63) is 55.7 Å². The van der Waals surface area contributed by atoms with Crippen molar-refractivity contribution in [2.24, 2.45) is 0 Å². The number of hydrogen-bond acceptors (Lipinski definition) is 2. The number of aliphatic hydroxyl groups excluding tert-OH is 1. The Morgan fingerprint density at radius 1 is 1.26 bits per heavy atom. The Balaban J connectivity index is 1.97. The van der Waals surface area contributed by atoms with Gasteiger partial charge in [0.25, 0.3) is 0 Å². The summed E-state index contributed by atoms with van der Waals surface area (Å²) in [6, 6.07) is 7.40. The molecule has 0 aliphatic heterocycles. The highest BCUT2D eigenvalue weighted by atomic mass is 35.5. The lowest BCUT2D eigenvalue weighted by atomic mass is 9.81. The molecular formula is C15H14Cl2OS. The van der Waals surface area contributed by atoms with Crippen molar-refractivity contribution in [3.63, 3.8) is 0 Å². The molecule has 1 nitrogen and oxygen atoms in total. The molecule has 0 radical (unpaired) electrons. The molecule has 2 unspecified atom stereocenters. The van der Waals surface area contributed by atoms with Crippen LogP contribution < -0.4 is 0 Å². The SMILES string of the molecule is OC(c1cc(Cl)ccc1Cl)C1CCCc2sccc21. The number of aryl methyl sites for hydroxylation is 1. The van der Waals surface area contributed by atoms with Crippen LogP contribution in [0.1, 0.15) is 40.9 Å². The first kappa shape index (κ1) is 13.4. The van der Waals surface area contributed by atoms with Crippen LogP contribution >= 0.6 is 34.5 Å². The molecular weight excluding hydrogens is 299 g/mol. The first-order chi connectivity index (χ1) is 9.16. The van der Waals surface area contributed by atoms with Crippen molar-refractivity contribution in [3.8, 4) is 0 Å². The van der Waals surface area contributed by atoms with E-state index in [0.717, 1.165) is 24.8 Å². The molecule has 0 amide bonds. The molecule has 1 heterocycles. The molecule has 0 bridgehead atoms.